The molecule has 0 amide bonds. The summed E-state index contributed by atoms with van der Waals surface area (Å²) < 4.78 is 0. The van der Waals surface area contributed by atoms with E-state index < -0.39 is 5.60 Å². The first-order chi connectivity index (χ1) is 11.4. The Bertz CT molecular complexity index is 665. The fraction of sp³-hybridized carbons (Fsp3) is 0.857. The minimum atomic E-state index is -0.454. The average molecular weight is 329 g/mol. The highest BCUT2D eigenvalue weighted by Crippen LogP contribution is 2.67. The van der Waals surface area contributed by atoms with Crippen molar-refractivity contribution in [3.63, 3.8) is 0 Å². The zero-order chi connectivity index (χ0) is 16.7. The molecule has 132 valence electrons. The van der Waals surface area contributed by atoms with E-state index in [4.69, 9.17) is 0 Å². The highest BCUT2D eigenvalue weighted by atomic mass is 16.3. The SMILES string of the molecule is C[C@]12Cc3cn[nH]c3C[C@@H]1CC[C@H]1[C@H]3CC[C@@](C)(O)[C@]3(C)CC[C@@H]12. The summed E-state index contributed by atoms with van der Waals surface area (Å²) in [6, 6.07) is 0. The van der Waals surface area contributed by atoms with Gasteiger partial charge in [0.15, 0.2) is 0 Å². The third kappa shape index (κ3) is 1.75. The maximum Gasteiger partial charge on any atom is 0.0675 e. The lowest BCUT2D eigenvalue weighted by atomic mass is 9.44. The van der Waals surface area contributed by atoms with E-state index in [1.165, 1.54) is 56.2 Å². The molecule has 0 saturated heterocycles. The van der Waals surface area contributed by atoms with Gasteiger partial charge in [-0.15, -0.1) is 0 Å². The van der Waals surface area contributed by atoms with E-state index >= 15 is 0 Å². The lowest BCUT2D eigenvalue weighted by molar-refractivity contribution is -0.139. The fourth-order valence-corrected chi connectivity index (χ4v) is 7.71. The van der Waals surface area contributed by atoms with Crippen LogP contribution in [0.2, 0.25) is 0 Å². The van der Waals surface area contributed by atoms with Crippen LogP contribution in [0, 0.1) is 34.5 Å². The molecule has 4 aliphatic rings. The van der Waals surface area contributed by atoms with Crippen molar-refractivity contribution in [2.45, 2.75) is 77.7 Å². The van der Waals surface area contributed by atoms with Crippen LogP contribution in [0.1, 0.15) is 70.6 Å². The predicted molar refractivity (Wildman–Crippen MR) is 94.5 cm³/mol. The van der Waals surface area contributed by atoms with Gasteiger partial charge in [0.25, 0.3) is 0 Å². The highest BCUT2D eigenvalue weighted by Gasteiger charge is 2.63. The van der Waals surface area contributed by atoms with E-state index in [-0.39, 0.29) is 5.41 Å². The Labute approximate surface area is 145 Å². The second-order valence-electron chi connectivity index (χ2n) is 10.2. The van der Waals surface area contributed by atoms with Crippen LogP contribution in [0.25, 0.3) is 0 Å². The number of aromatic nitrogens is 2. The Hall–Kier alpha value is -0.830. The predicted octanol–water partition coefficient (Wildman–Crippen LogP) is 4.12. The third-order valence-corrected chi connectivity index (χ3v) is 9.46. The van der Waals surface area contributed by atoms with Gasteiger partial charge in [-0.2, -0.15) is 5.10 Å². The number of fused-ring (bicyclic) bond motifs is 6. The van der Waals surface area contributed by atoms with Gasteiger partial charge < -0.3 is 5.11 Å². The first kappa shape index (κ1) is 15.4. The van der Waals surface area contributed by atoms with E-state index in [0.29, 0.717) is 5.41 Å². The molecule has 0 aromatic carbocycles. The number of rotatable bonds is 0. The average Bonchev–Trinajstić information content (AvgIpc) is 3.06. The Kier molecular flexibility index (Phi) is 3.00. The van der Waals surface area contributed by atoms with Gasteiger partial charge in [0.05, 0.1) is 11.8 Å². The van der Waals surface area contributed by atoms with Gasteiger partial charge in [0, 0.05) is 5.69 Å². The number of aliphatic hydroxyl groups is 1. The molecule has 0 bridgehead atoms. The van der Waals surface area contributed by atoms with Crippen LogP contribution in [0.4, 0.5) is 0 Å². The maximum absolute atomic E-state index is 11.0. The molecule has 4 aliphatic carbocycles. The summed E-state index contributed by atoms with van der Waals surface area (Å²) in [5.74, 6) is 3.21. The summed E-state index contributed by atoms with van der Waals surface area (Å²) >= 11 is 0. The minimum absolute atomic E-state index is 0.146. The van der Waals surface area contributed by atoms with Crippen molar-refractivity contribution in [1.82, 2.24) is 10.2 Å². The van der Waals surface area contributed by atoms with Gasteiger partial charge in [-0.1, -0.05) is 13.8 Å². The number of hydrogen-bond donors (Lipinski definition) is 2. The summed E-state index contributed by atoms with van der Waals surface area (Å²) in [5.41, 5.74) is 3.01. The molecule has 0 aliphatic heterocycles. The Morgan fingerprint density at radius 2 is 1.88 bits per heavy atom. The molecule has 3 heteroatoms. The zero-order valence-electron chi connectivity index (χ0n) is 15.4. The summed E-state index contributed by atoms with van der Waals surface area (Å²) in [6.07, 6.45) is 12.0. The molecule has 1 aromatic rings. The molecule has 1 heterocycles. The summed E-state index contributed by atoms with van der Waals surface area (Å²) in [6.45, 7) is 7.09. The molecule has 3 fully saturated rings. The molecule has 0 spiro atoms. The number of aromatic amines is 1. The minimum Gasteiger partial charge on any atom is -0.390 e. The van der Waals surface area contributed by atoms with Crippen molar-refractivity contribution in [3.05, 3.63) is 17.5 Å². The summed E-state index contributed by atoms with van der Waals surface area (Å²) in [4.78, 5) is 0. The molecule has 0 radical (unpaired) electrons. The molecule has 0 unspecified atom stereocenters. The largest absolute Gasteiger partial charge is 0.390 e. The van der Waals surface area contributed by atoms with E-state index in [2.05, 4.69) is 37.2 Å². The van der Waals surface area contributed by atoms with Crippen LogP contribution in [0.5, 0.6) is 0 Å². The number of nitrogens with one attached hydrogen (secondary N) is 1. The van der Waals surface area contributed by atoms with Gasteiger partial charge in [-0.25, -0.2) is 0 Å². The van der Waals surface area contributed by atoms with Gasteiger partial charge in [-0.05, 0) is 98.4 Å². The number of nitrogens with zero attached hydrogens (tertiary/aromatic N) is 1. The van der Waals surface area contributed by atoms with E-state index in [1.807, 2.05) is 0 Å². The van der Waals surface area contributed by atoms with Crippen LogP contribution in [-0.4, -0.2) is 20.9 Å². The monoisotopic (exact) mass is 328 g/mol. The lowest BCUT2D eigenvalue weighted by Gasteiger charge is -2.60. The van der Waals surface area contributed by atoms with Crippen LogP contribution in [0.15, 0.2) is 6.20 Å². The van der Waals surface area contributed by atoms with Crippen LogP contribution >= 0.6 is 0 Å². The molecule has 7 atom stereocenters. The highest BCUT2D eigenvalue weighted by molar-refractivity contribution is 5.26. The smallest absolute Gasteiger partial charge is 0.0675 e. The van der Waals surface area contributed by atoms with Gasteiger partial charge >= 0.3 is 0 Å². The van der Waals surface area contributed by atoms with Gasteiger partial charge in [-0.3, -0.25) is 5.10 Å². The summed E-state index contributed by atoms with van der Waals surface area (Å²) in [5, 5.41) is 18.6. The third-order valence-electron chi connectivity index (χ3n) is 9.46. The molecule has 5 rings (SSSR count). The molecule has 24 heavy (non-hydrogen) atoms. The maximum atomic E-state index is 11.0. The Morgan fingerprint density at radius 3 is 2.71 bits per heavy atom. The van der Waals surface area contributed by atoms with Crippen molar-refractivity contribution in [3.8, 4) is 0 Å². The van der Waals surface area contributed by atoms with E-state index in [1.54, 1.807) is 0 Å². The van der Waals surface area contributed by atoms with Crippen LogP contribution in [0.3, 0.4) is 0 Å². The topological polar surface area (TPSA) is 48.9 Å². The number of H-pyrrole nitrogens is 1. The molecular formula is C21H32N2O. The van der Waals surface area contributed by atoms with Crippen LogP contribution < -0.4 is 0 Å². The van der Waals surface area contributed by atoms with E-state index in [0.717, 1.165) is 30.1 Å². The van der Waals surface area contributed by atoms with Crippen molar-refractivity contribution < 1.29 is 5.11 Å². The second kappa shape index (κ2) is 4.66. The van der Waals surface area contributed by atoms with Gasteiger partial charge in [0.1, 0.15) is 0 Å². The molecule has 2 N–H and O–H groups in total. The van der Waals surface area contributed by atoms with Crippen molar-refractivity contribution in [2.24, 2.45) is 34.5 Å². The van der Waals surface area contributed by atoms with Crippen LogP contribution in [-0.2, 0) is 12.8 Å². The fourth-order valence-electron chi connectivity index (χ4n) is 7.71. The van der Waals surface area contributed by atoms with Crippen molar-refractivity contribution in [1.29, 1.82) is 0 Å². The molecule has 3 nitrogen and oxygen atoms in total. The standard InChI is InChI=1S/C21H32N2O/c1-19-11-13-12-22-23-18(13)10-14(19)4-5-15-16(19)6-8-20(2)17(15)7-9-21(20,3)24/h12,14-17,24H,4-11H2,1-3H3,(H,22,23)/t14-,15+,16-,17+,19-,20+,21+/m0/s1. The van der Waals surface area contributed by atoms with Crippen molar-refractivity contribution >= 4 is 0 Å². The Balaban J connectivity index is 1.50. The quantitative estimate of drug-likeness (QED) is 0.752. The van der Waals surface area contributed by atoms with Crippen molar-refractivity contribution in [2.75, 3.05) is 0 Å². The summed E-state index contributed by atoms with van der Waals surface area (Å²) in [7, 11) is 0. The molecular weight excluding hydrogens is 296 g/mol. The first-order valence-corrected chi connectivity index (χ1v) is 10.1. The van der Waals surface area contributed by atoms with E-state index in [9.17, 15) is 5.11 Å². The second-order valence-corrected chi connectivity index (χ2v) is 10.2. The van der Waals surface area contributed by atoms with Gasteiger partial charge in [0.2, 0.25) is 0 Å². The lowest BCUT2D eigenvalue weighted by Crippen LogP contribution is -2.56. The molecule has 1 aromatic heterocycles. The Morgan fingerprint density at radius 1 is 1.08 bits per heavy atom. The first-order valence-electron chi connectivity index (χ1n) is 10.1. The zero-order valence-corrected chi connectivity index (χ0v) is 15.4. The number of hydrogen-bond acceptors (Lipinski definition) is 2. The normalized spacial score (nSPS) is 53.0. The molecule has 3 saturated carbocycles.